The number of carbonyl (C=O) groups is 1. The van der Waals surface area contributed by atoms with Crippen LogP contribution in [0.25, 0.3) is 0 Å². The Morgan fingerprint density at radius 2 is 1.81 bits per heavy atom. The van der Waals surface area contributed by atoms with Crippen molar-refractivity contribution < 1.29 is 9.90 Å². The zero-order chi connectivity index (χ0) is 11.4. The lowest BCUT2D eigenvalue weighted by Crippen LogP contribution is -2.26. The van der Waals surface area contributed by atoms with Gasteiger partial charge in [0, 0.05) is 24.2 Å². The van der Waals surface area contributed by atoms with Crippen molar-refractivity contribution in [3.05, 3.63) is 16.3 Å². The van der Waals surface area contributed by atoms with E-state index in [1.807, 2.05) is 5.38 Å². The molecule has 1 aromatic rings. The third kappa shape index (κ3) is 2.76. The van der Waals surface area contributed by atoms with Crippen molar-refractivity contribution in [1.29, 1.82) is 0 Å². The topological polar surface area (TPSA) is 40.5 Å². The fraction of sp³-hybridized carbons (Fsp3) is 0.583. The monoisotopic (exact) mass is 239 g/mol. The molecular formula is C12H17NO2S. The molecule has 0 radical (unpaired) electrons. The largest absolute Gasteiger partial charge is 0.477 e. The van der Waals surface area contributed by atoms with Crippen LogP contribution in [0.4, 0.5) is 5.69 Å². The highest BCUT2D eigenvalue weighted by Gasteiger charge is 2.13. The molecule has 88 valence electrons. The summed E-state index contributed by atoms with van der Waals surface area (Å²) >= 11 is 1.32. The Morgan fingerprint density at radius 1 is 1.19 bits per heavy atom. The number of rotatable bonds is 2. The molecule has 1 aromatic heterocycles. The van der Waals surface area contributed by atoms with Gasteiger partial charge in [0.15, 0.2) is 0 Å². The summed E-state index contributed by atoms with van der Waals surface area (Å²) in [5, 5.41) is 10.9. The summed E-state index contributed by atoms with van der Waals surface area (Å²) in [5.74, 6) is -0.816. The van der Waals surface area contributed by atoms with Crippen molar-refractivity contribution >= 4 is 23.0 Å². The third-order valence-electron chi connectivity index (χ3n) is 3.02. The van der Waals surface area contributed by atoms with E-state index < -0.39 is 5.97 Å². The second kappa shape index (κ2) is 5.34. The van der Waals surface area contributed by atoms with Crippen LogP contribution in [0.2, 0.25) is 0 Å². The van der Waals surface area contributed by atoms with Crippen molar-refractivity contribution in [2.45, 2.75) is 32.1 Å². The van der Waals surface area contributed by atoms with Crippen molar-refractivity contribution in [2.75, 3.05) is 18.0 Å². The van der Waals surface area contributed by atoms with E-state index in [1.54, 1.807) is 6.07 Å². The number of carboxylic acids is 1. The Labute approximate surface area is 99.7 Å². The van der Waals surface area contributed by atoms with Gasteiger partial charge in [-0.15, -0.1) is 11.3 Å². The van der Waals surface area contributed by atoms with Crippen LogP contribution in [0, 0.1) is 0 Å². The second-order valence-electron chi connectivity index (χ2n) is 4.23. The van der Waals surface area contributed by atoms with E-state index in [0.717, 1.165) is 18.8 Å². The summed E-state index contributed by atoms with van der Waals surface area (Å²) in [5.41, 5.74) is 1.09. The van der Waals surface area contributed by atoms with Gasteiger partial charge < -0.3 is 10.0 Å². The Morgan fingerprint density at radius 3 is 2.38 bits per heavy atom. The highest BCUT2D eigenvalue weighted by Crippen LogP contribution is 2.25. The highest BCUT2D eigenvalue weighted by molar-refractivity contribution is 7.12. The first kappa shape index (κ1) is 11.5. The number of carboxylic acid groups (broad SMARTS) is 1. The smallest absolute Gasteiger partial charge is 0.345 e. The van der Waals surface area contributed by atoms with Gasteiger partial charge in [0.2, 0.25) is 0 Å². The van der Waals surface area contributed by atoms with E-state index in [0.29, 0.717) is 4.88 Å². The first-order valence-corrected chi connectivity index (χ1v) is 6.72. The number of hydrogen-bond donors (Lipinski definition) is 1. The second-order valence-corrected chi connectivity index (χ2v) is 5.14. The molecule has 2 rings (SSSR count). The van der Waals surface area contributed by atoms with Gasteiger partial charge in [0.25, 0.3) is 0 Å². The summed E-state index contributed by atoms with van der Waals surface area (Å²) in [6.07, 6.45) is 6.38. The van der Waals surface area contributed by atoms with Crippen LogP contribution in [0.1, 0.15) is 41.8 Å². The maximum absolute atomic E-state index is 10.8. The first-order valence-electron chi connectivity index (χ1n) is 5.84. The zero-order valence-corrected chi connectivity index (χ0v) is 10.1. The van der Waals surface area contributed by atoms with E-state index in [1.165, 1.54) is 43.4 Å². The molecule has 1 N–H and O–H groups in total. The van der Waals surface area contributed by atoms with Gasteiger partial charge in [0.1, 0.15) is 4.88 Å². The maximum Gasteiger partial charge on any atom is 0.345 e. The highest BCUT2D eigenvalue weighted by atomic mass is 32.1. The number of anilines is 1. The predicted molar refractivity (Wildman–Crippen MR) is 66.6 cm³/mol. The van der Waals surface area contributed by atoms with Crippen LogP contribution >= 0.6 is 11.3 Å². The number of hydrogen-bond acceptors (Lipinski definition) is 3. The predicted octanol–water partition coefficient (Wildman–Crippen LogP) is 3.22. The quantitative estimate of drug-likeness (QED) is 0.861. The molecule has 16 heavy (non-hydrogen) atoms. The van der Waals surface area contributed by atoms with Gasteiger partial charge >= 0.3 is 5.97 Å². The Kier molecular flexibility index (Phi) is 3.83. The standard InChI is InChI=1S/C12H17NO2S/c14-12(15)11-8-10(9-16-11)13-6-4-2-1-3-5-7-13/h8-9H,1-7H2,(H,14,15). The lowest BCUT2D eigenvalue weighted by Gasteiger charge is -2.25. The molecule has 0 bridgehead atoms. The fourth-order valence-corrected chi connectivity index (χ4v) is 2.86. The van der Waals surface area contributed by atoms with Gasteiger partial charge in [-0.1, -0.05) is 19.3 Å². The molecule has 0 atom stereocenters. The van der Waals surface area contributed by atoms with Gasteiger partial charge in [-0.3, -0.25) is 0 Å². The van der Waals surface area contributed by atoms with Crippen molar-refractivity contribution in [3.8, 4) is 0 Å². The molecule has 0 spiro atoms. The minimum atomic E-state index is -0.816. The van der Waals surface area contributed by atoms with Gasteiger partial charge in [-0.05, 0) is 18.9 Å². The van der Waals surface area contributed by atoms with Crippen LogP contribution < -0.4 is 4.90 Å². The Balaban J connectivity index is 2.05. The van der Waals surface area contributed by atoms with E-state index >= 15 is 0 Å². The molecule has 0 amide bonds. The van der Waals surface area contributed by atoms with E-state index in [4.69, 9.17) is 5.11 Å². The molecule has 3 nitrogen and oxygen atoms in total. The van der Waals surface area contributed by atoms with Crippen LogP contribution in [0.5, 0.6) is 0 Å². The fourth-order valence-electron chi connectivity index (χ4n) is 2.11. The van der Waals surface area contributed by atoms with Crippen molar-refractivity contribution in [2.24, 2.45) is 0 Å². The van der Waals surface area contributed by atoms with E-state index in [9.17, 15) is 4.79 Å². The average Bonchev–Trinajstić information content (AvgIpc) is 2.66. The summed E-state index contributed by atoms with van der Waals surface area (Å²) in [7, 11) is 0. The molecule has 1 saturated heterocycles. The SMILES string of the molecule is O=C(O)c1cc(N2CCCCCCC2)cs1. The molecule has 1 aliphatic heterocycles. The van der Waals surface area contributed by atoms with Crippen LogP contribution in [-0.2, 0) is 0 Å². The Bertz CT molecular complexity index is 354. The number of thiophene rings is 1. The number of aromatic carboxylic acids is 1. The van der Waals surface area contributed by atoms with Gasteiger partial charge in [-0.25, -0.2) is 4.79 Å². The molecule has 4 heteroatoms. The van der Waals surface area contributed by atoms with E-state index in [-0.39, 0.29) is 0 Å². The summed E-state index contributed by atoms with van der Waals surface area (Å²) in [4.78, 5) is 13.6. The first-order chi connectivity index (χ1) is 7.77. The van der Waals surface area contributed by atoms with Crippen LogP contribution in [-0.4, -0.2) is 24.2 Å². The molecule has 1 aliphatic rings. The van der Waals surface area contributed by atoms with Crippen LogP contribution in [0.3, 0.4) is 0 Å². The van der Waals surface area contributed by atoms with E-state index in [2.05, 4.69) is 4.90 Å². The molecule has 2 heterocycles. The summed E-state index contributed by atoms with van der Waals surface area (Å²) in [6, 6.07) is 1.80. The zero-order valence-electron chi connectivity index (χ0n) is 9.32. The minimum absolute atomic E-state index is 0.442. The molecular weight excluding hydrogens is 222 g/mol. The Hall–Kier alpha value is -1.03. The van der Waals surface area contributed by atoms with Crippen molar-refractivity contribution in [3.63, 3.8) is 0 Å². The molecule has 0 saturated carbocycles. The normalized spacial score (nSPS) is 17.9. The average molecular weight is 239 g/mol. The lowest BCUT2D eigenvalue weighted by atomic mass is 10.1. The van der Waals surface area contributed by atoms with Crippen LogP contribution in [0.15, 0.2) is 11.4 Å². The summed E-state index contributed by atoms with van der Waals surface area (Å²) < 4.78 is 0. The van der Waals surface area contributed by atoms with Crippen molar-refractivity contribution in [1.82, 2.24) is 0 Å². The van der Waals surface area contributed by atoms with Gasteiger partial charge in [0.05, 0.1) is 0 Å². The third-order valence-corrected chi connectivity index (χ3v) is 3.92. The molecule has 1 fully saturated rings. The number of nitrogens with zero attached hydrogens (tertiary/aromatic N) is 1. The molecule has 0 aromatic carbocycles. The van der Waals surface area contributed by atoms with Gasteiger partial charge in [-0.2, -0.15) is 0 Å². The maximum atomic E-state index is 10.8. The molecule has 0 unspecified atom stereocenters. The molecule has 0 aliphatic carbocycles. The minimum Gasteiger partial charge on any atom is -0.477 e. The summed E-state index contributed by atoms with van der Waals surface area (Å²) in [6.45, 7) is 2.13. The lowest BCUT2D eigenvalue weighted by molar-refractivity contribution is 0.0702.